The second kappa shape index (κ2) is 10.1. The second-order valence-corrected chi connectivity index (χ2v) is 7.40. The molecule has 0 saturated heterocycles. The van der Waals surface area contributed by atoms with Gasteiger partial charge in [-0.15, -0.1) is 0 Å². The van der Waals surface area contributed by atoms with Gasteiger partial charge < -0.3 is 14.6 Å². The van der Waals surface area contributed by atoms with Gasteiger partial charge in [0, 0.05) is 5.19 Å². The molecule has 0 heterocycles. The van der Waals surface area contributed by atoms with E-state index in [9.17, 15) is 10.2 Å². The number of aromatic hydroxyl groups is 2. The summed E-state index contributed by atoms with van der Waals surface area (Å²) in [6.45, 7) is 4.28. The number of rotatable bonds is 10. The first-order chi connectivity index (χ1) is 12.1. The molecule has 2 aromatic carbocycles. The molecular weight excluding hydrogens is 328 g/mol. The largest absolute Gasteiger partial charge is 0.533 e. The zero-order chi connectivity index (χ0) is 18.1. The average molecular weight is 357 g/mol. The van der Waals surface area contributed by atoms with E-state index >= 15 is 0 Å². The van der Waals surface area contributed by atoms with Gasteiger partial charge in [-0.1, -0.05) is 63.3 Å². The van der Waals surface area contributed by atoms with Crippen LogP contribution in [-0.2, 0) is 6.42 Å². The van der Waals surface area contributed by atoms with Crippen LogP contribution < -0.4 is 9.61 Å². The average Bonchev–Trinajstić information content (AvgIpc) is 2.61. The molecule has 2 N–H and O–H groups in total. The topological polar surface area (TPSA) is 49.7 Å². The molecule has 2 aromatic rings. The lowest BCUT2D eigenvalue weighted by Gasteiger charge is -2.15. The third-order valence-corrected chi connectivity index (χ3v) is 5.37. The Morgan fingerprint density at radius 1 is 0.880 bits per heavy atom. The summed E-state index contributed by atoms with van der Waals surface area (Å²) < 4.78 is 5.93. The molecule has 0 unspecified atom stereocenters. The first-order valence-corrected chi connectivity index (χ1v) is 10.1. The summed E-state index contributed by atoms with van der Waals surface area (Å²) in [5.41, 5.74) is 2.22. The lowest BCUT2D eigenvalue weighted by atomic mass is 10.00. The Kier molecular flexibility index (Phi) is 7.86. The first kappa shape index (κ1) is 19.4. The molecule has 2 rings (SSSR count). The van der Waals surface area contributed by atoms with Crippen LogP contribution in [0.5, 0.6) is 17.2 Å². The predicted molar refractivity (Wildman–Crippen MR) is 104 cm³/mol. The van der Waals surface area contributed by atoms with Gasteiger partial charge in [-0.3, -0.25) is 0 Å². The van der Waals surface area contributed by atoms with Crippen molar-refractivity contribution < 1.29 is 14.6 Å². The van der Waals surface area contributed by atoms with E-state index in [0.29, 0.717) is 5.75 Å². The Balaban J connectivity index is 2.01. The van der Waals surface area contributed by atoms with Crippen LogP contribution in [0.3, 0.4) is 0 Å². The molecule has 0 aliphatic carbocycles. The van der Waals surface area contributed by atoms with E-state index in [1.807, 2.05) is 18.2 Å². The number of phenols is 2. The molecule has 3 nitrogen and oxygen atoms in total. The smallest absolute Gasteiger partial charge is 0.355 e. The quantitative estimate of drug-likeness (QED) is 0.482. The van der Waals surface area contributed by atoms with Gasteiger partial charge in [0.2, 0.25) is 0 Å². The van der Waals surface area contributed by atoms with Gasteiger partial charge in [-0.2, -0.15) is 0 Å². The Labute approximate surface area is 153 Å². The summed E-state index contributed by atoms with van der Waals surface area (Å²) >= 11 is 0. The van der Waals surface area contributed by atoms with Gasteiger partial charge in [-0.05, 0) is 43.0 Å². The minimum atomic E-state index is -0.0348. The predicted octanol–water partition coefficient (Wildman–Crippen LogP) is 4.63. The van der Waals surface area contributed by atoms with E-state index in [1.54, 1.807) is 18.2 Å². The van der Waals surface area contributed by atoms with Crippen molar-refractivity contribution in [3.05, 3.63) is 47.5 Å². The summed E-state index contributed by atoms with van der Waals surface area (Å²) in [5, 5.41) is 20.9. The van der Waals surface area contributed by atoms with E-state index in [1.165, 1.54) is 32.1 Å². The van der Waals surface area contributed by atoms with E-state index in [4.69, 9.17) is 4.43 Å². The number of para-hydroxylation sites is 1. The molecule has 0 atom stereocenters. The first-order valence-electron chi connectivity index (χ1n) is 9.15. The van der Waals surface area contributed by atoms with Gasteiger partial charge in [0.1, 0.15) is 11.5 Å². The summed E-state index contributed by atoms with van der Waals surface area (Å²) in [6, 6.07) is 10.8. The van der Waals surface area contributed by atoms with Crippen molar-refractivity contribution in [3.8, 4) is 17.2 Å². The van der Waals surface area contributed by atoms with Crippen LogP contribution in [0, 0.1) is 6.92 Å². The Bertz CT molecular complexity index is 670. The third-order valence-electron chi connectivity index (χ3n) is 4.42. The lowest BCUT2D eigenvalue weighted by Crippen LogP contribution is -2.21. The number of benzene rings is 2. The Morgan fingerprint density at radius 2 is 1.60 bits per heavy atom. The number of hydrogen-bond acceptors (Lipinski definition) is 3. The van der Waals surface area contributed by atoms with Crippen molar-refractivity contribution in [2.24, 2.45) is 0 Å². The zero-order valence-electron chi connectivity index (χ0n) is 15.2. The fourth-order valence-electron chi connectivity index (χ4n) is 2.89. The molecule has 134 valence electrons. The highest BCUT2D eigenvalue weighted by molar-refractivity contribution is 6.49. The van der Waals surface area contributed by atoms with Crippen molar-refractivity contribution in [2.75, 3.05) is 0 Å². The van der Waals surface area contributed by atoms with Crippen molar-refractivity contribution in [1.29, 1.82) is 0 Å². The fraction of sp³-hybridized carbons (Fsp3) is 0.429. The molecule has 4 heteroatoms. The summed E-state index contributed by atoms with van der Waals surface area (Å²) in [7, 11) is -0.0348. The molecule has 0 saturated carbocycles. The molecular formula is C21H28O3Si. The molecule has 0 aliphatic rings. The SMILES string of the molecule is CCCCCCCCc1c(C)ccc(O)c1O[Si]c1ccccc1O. The minimum Gasteiger partial charge on any atom is -0.533 e. The van der Waals surface area contributed by atoms with Crippen LogP contribution in [0.4, 0.5) is 0 Å². The van der Waals surface area contributed by atoms with E-state index < -0.39 is 0 Å². The maximum atomic E-state index is 10.3. The molecule has 0 spiro atoms. The van der Waals surface area contributed by atoms with Gasteiger partial charge in [0.15, 0.2) is 5.75 Å². The number of phenolic OH excluding ortho intramolecular Hbond substituents is 2. The monoisotopic (exact) mass is 356 g/mol. The molecule has 0 aromatic heterocycles. The molecule has 0 aliphatic heterocycles. The standard InChI is InChI=1S/C21H28O3Si/c1-3-4-5-6-7-8-11-17-16(2)14-15-19(23)21(17)24-25-20-13-10-9-12-18(20)22/h9-10,12-15,22-23H,3-8,11H2,1-2H3. The minimum absolute atomic E-state index is 0.0348. The number of unbranched alkanes of at least 4 members (excludes halogenated alkanes) is 5. The van der Waals surface area contributed by atoms with Crippen molar-refractivity contribution in [2.45, 2.75) is 58.8 Å². The van der Waals surface area contributed by atoms with Gasteiger partial charge in [0.25, 0.3) is 0 Å². The fourth-order valence-corrected chi connectivity index (χ4v) is 3.68. The third kappa shape index (κ3) is 5.82. The zero-order valence-corrected chi connectivity index (χ0v) is 16.2. The highest BCUT2D eigenvalue weighted by Gasteiger charge is 2.14. The van der Waals surface area contributed by atoms with E-state index in [2.05, 4.69) is 13.8 Å². The van der Waals surface area contributed by atoms with Crippen LogP contribution in [0.1, 0.15) is 56.6 Å². The van der Waals surface area contributed by atoms with E-state index in [0.717, 1.165) is 29.2 Å². The number of aryl methyl sites for hydroxylation is 1. The molecule has 25 heavy (non-hydrogen) atoms. The molecule has 0 bridgehead atoms. The van der Waals surface area contributed by atoms with Gasteiger partial charge >= 0.3 is 9.76 Å². The van der Waals surface area contributed by atoms with Crippen molar-refractivity contribution >= 4 is 14.9 Å². The van der Waals surface area contributed by atoms with Crippen LogP contribution >= 0.6 is 0 Å². The van der Waals surface area contributed by atoms with Crippen LogP contribution in [0.15, 0.2) is 36.4 Å². The normalized spacial score (nSPS) is 10.8. The highest BCUT2D eigenvalue weighted by Crippen LogP contribution is 2.33. The Morgan fingerprint density at radius 3 is 2.36 bits per heavy atom. The van der Waals surface area contributed by atoms with Crippen molar-refractivity contribution in [1.82, 2.24) is 0 Å². The lowest BCUT2D eigenvalue weighted by molar-refractivity contribution is 0.439. The maximum Gasteiger partial charge on any atom is 0.355 e. The summed E-state index contributed by atoms with van der Waals surface area (Å²) in [6.07, 6.45) is 8.35. The number of hydrogen-bond donors (Lipinski definition) is 2. The second-order valence-electron chi connectivity index (χ2n) is 6.45. The Hall–Kier alpha value is -1.94. The summed E-state index contributed by atoms with van der Waals surface area (Å²) in [5.74, 6) is 0.968. The highest BCUT2D eigenvalue weighted by atomic mass is 28.2. The molecule has 0 fully saturated rings. The van der Waals surface area contributed by atoms with Crippen LogP contribution in [0.25, 0.3) is 0 Å². The molecule has 0 amide bonds. The van der Waals surface area contributed by atoms with Gasteiger partial charge in [-0.25, -0.2) is 0 Å². The van der Waals surface area contributed by atoms with E-state index in [-0.39, 0.29) is 21.3 Å². The van der Waals surface area contributed by atoms with Crippen molar-refractivity contribution in [3.63, 3.8) is 0 Å². The van der Waals surface area contributed by atoms with Crippen LogP contribution in [0.2, 0.25) is 0 Å². The maximum absolute atomic E-state index is 10.3. The van der Waals surface area contributed by atoms with Gasteiger partial charge in [0.05, 0.1) is 0 Å². The van der Waals surface area contributed by atoms with Crippen LogP contribution in [-0.4, -0.2) is 20.0 Å². The summed E-state index contributed by atoms with van der Waals surface area (Å²) in [4.78, 5) is 0. The molecule has 2 radical (unpaired) electrons.